The van der Waals surface area contributed by atoms with Gasteiger partial charge < -0.3 is 4.90 Å². The van der Waals surface area contributed by atoms with Gasteiger partial charge in [0.2, 0.25) is 0 Å². The Kier molecular flexibility index (Phi) is 1.31. The van der Waals surface area contributed by atoms with E-state index >= 15 is 0 Å². The summed E-state index contributed by atoms with van der Waals surface area (Å²) in [5, 5.41) is 0.824. The molecule has 1 aliphatic rings. The molecular weight excluding hydrogens is 146 g/mol. The van der Waals surface area contributed by atoms with Gasteiger partial charge in [-0.3, -0.25) is 0 Å². The first-order valence-electron chi connectivity index (χ1n) is 3.37. The van der Waals surface area contributed by atoms with Crippen LogP contribution in [-0.2, 0) is 0 Å². The van der Waals surface area contributed by atoms with Gasteiger partial charge in [-0.2, -0.15) is 0 Å². The second-order valence-electron chi connectivity index (χ2n) is 2.47. The van der Waals surface area contributed by atoms with E-state index in [4.69, 9.17) is 11.6 Å². The van der Waals surface area contributed by atoms with Crippen molar-refractivity contribution < 1.29 is 0 Å². The van der Waals surface area contributed by atoms with Gasteiger partial charge in [0.15, 0.2) is 0 Å². The van der Waals surface area contributed by atoms with Crippen molar-refractivity contribution >= 4 is 17.3 Å². The number of hydrogen-bond acceptors (Lipinski definition) is 1. The molecule has 0 unspecified atom stereocenters. The highest BCUT2D eigenvalue weighted by atomic mass is 35.5. The van der Waals surface area contributed by atoms with Crippen LogP contribution in [-0.4, -0.2) is 13.1 Å². The fraction of sp³-hybridized carbons (Fsp3) is 0.250. The summed E-state index contributed by atoms with van der Waals surface area (Å²) in [5.74, 6) is 0. The molecular formula is C8H8ClN. The van der Waals surface area contributed by atoms with Gasteiger partial charge in [0, 0.05) is 23.8 Å². The minimum atomic E-state index is 0.824. The van der Waals surface area contributed by atoms with Crippen LogP contribution in [0.5, 0.6) is 0 Å². The number of benzene rings is 1. The van der Waals surface area contributed by atoms with Gasteiger partial charge in [0.1, 0.15) is 0 Å². The summed E-state index contributed by atoms with van der Waals surface area (Å²) in [4.78, 5) is 2.27. The Morgan fingerprint density at radius 3 is 2.70 bits per heavy atom. The molecule has 0 bridgehead atoms. The molecule has 10 heavy (non-hydrogen) atoms. The highest BCUT2D eigenvalue weighted by Gasteiger charge is 2.17. The summed E-state index contributed by atoms with van der Waals surface area (Å²) in [5.41, 5.74) is 1.24. The van der Waals surface area contributed by atoms with E-state index in [0.29, 0.717) is 0 Å². The van der Waals surface area contributed by atoms with Crippen molar-refractivity contribution in [2.75, 3.05) is 18.0 Å². The third-order valence-electron chi connectivity index (χ3n) is 1.62. The Labute approximate surface area is 65.2 Å². The Bertz CT molecular complexity index is 243. The van der Waals surface area contributed by atoms with E-state index in [-0.39, 0.29) is 0 Å². The molecule has 0 aromatic heterocycles. The molecule has 1 nitrogen and oxygen atoms in total. The van der Waals surface area contributed by atoms with Gasteiger partial charge in [-0.05, 0) is 18.2 Å². The molecule has 0 amide bonds. The summed E-state index contributed by atoms with van der Waals surface area (Å²) in [6.45, 7) is 2.36. The van der Waals surface area contributed by atoms with E-state index in [9.17, 15) is 0 Å². The lowest BCUT2D eigenvalue weighted by Gasteiger charge is -2.00. The highest BCUT2D eigenvalue weighted by molar-refractivity contribution is 6.30. The Hall–Kier alpha value is -0.690. The molecule has 1 aromatic rings. The lowest BCUT2D eigenvalue weighted by molar-refractivity contribution is 1.40. The predicted octanol–water partition coefficient (Wildman–Crippen LogP) is 2.16. The van der Waals surface area contributed by atoms with Gasteiger partial charge in [-0.15, -0.1) is 0 Å². The zero-order chi connectivity index (χ0) is 6.97. The average Bonchev–Trinajstić information content (AvgIpc) is 2.68. The highest BCUT2D eigenvalue weighted by Crippen LogP contribution is 2.23. The van der Waals surface area contributed by atoms with Crippen LogP contribution in [0.25, 0.3) is 0 Å². The van der Waals surface area contributed by atoms with Crippen molar-refractivity contribution in [3.05, 3.63) is 29.3 Å². The molecule has 1 fully saturated rings. The minimum Gasteiger partial charge on any atom is -0.368 e. The molecule has 2 rings (SSSR count). The molecule has 1 heterocycles. The van der Waals surface area contributed by atoms with E-state index < -0.39 is 0 Å². The minimum absolute atomic E-state index is 0.824. The first-order valence-corrected chi connectivity index (χ1v) is 3.74. The lowest BCUT2D eigenvalue weighted by Crippen LogP contribution is -1.88. The van der Waals surface area contributed by atoms with E-state index in [0.717, 1.165) is 5.02 Å². The standard InChI is InChI=1S/C8H8ClN/c9-7-2-1-3-8(6-7)10-4-5-10/h1-3,6H,4-5H2. The maximum absolute atomic E-state index is 5.79. The van der Waals surface area contributed by atoms with Gasteiger partial charge in [0.05, 0.1) is 0 Å². The zero-order valence-electron chi connectivity index (χ0n) is 5.55. The fourth-order valence-electron chi connectivity index (χ4n) is 0.981. The van der Waals surface area contributed by atoms with Gasteiger partial charge in [-0.25, -0.2) is 0 Å². The van der Waals surface area contributed by atoms with Crippen molar-refractivity contribution in [1.29, 1.82) is 0 Å². The molecule has 0 atom stereocenters. The molecule has 1 saturated heterocycles. The molecule has 0 radical (unpaired) electrons. The molecule has 0 N–H and O–H groups in total. The van der Waals surface area contributed by atoms with Gasteiger partial charge in [0.25, 0.3) is 0 Å². The quantitative estimate of drug-likeness (QED) is 0.559. The van der Waals surface area contributed by atoms with Crippen LogP contribution in [0.2, 0.25) is 5.02 Å². The predicted molar refractivity (Wildman–Crippen MR) is 43.7 cm³/mol. The molecule has 1 aromatic carbocycles. The third-order valence-corrected chi connectivity index (χ3v) is 1.86. The average molecular weight is 154 g/mol. The van der Waals surface area contributed by atoms with E-state index in [2.05, 4.69) is 11.0 Å². The van der Waals surface area contributed by atoms with Crippen LogP contribution in [0, 0.1) is 0 Å². The molecule has 0 saturated carbocycles. The summed E-state index contributed by atoms with van der Waals surface area (Å²) in [6, 6.07) is 7.96. The van der Waals surface area contributed by atoms with Gasteiger partial charge >= 0.3 is 0 Å². The van der Waals surface area contributed by atoms with Crippen LogP contribution in [0.15, 0.2) is 24.3 Å². The molecule has 2 heteroatoms. The topological polar surface area (TPSA) is 3.01 Å². The summed E-state index contributed by atoms with van der Waals surface area (Å²) in [6.07, 6.45) is 0. The summed E-state index contributed by atoms with van der Waals surface area (Å²) in [7, 11) is 0. The Morgan fingerprint density at radius 2 is 2.10 bits per heavy atom. The van der Waals surface area contributed by atoms with Crippen LogP contribution >= 0.6 is 11.6 Å². The first kappa shape index (κ1) is 6.05. The van der Waals surface area contributed by atoms with Gasteiger partial charge in [-0.1, -0.05) is 17.7 Å². The number of anilines is 1. The number of nitrogens with zero attached hydrogens (tertiary/aromatic N) is 1. The fourth-order valence-corrected chi connectivity index (χ4v) is 1.17. The molecule has 0 aliphatic carbocycles. The van der Waals surface area contributed by atoms with Crippen LogP contribution in [0.4, 0.5) is 5.69 Å². The monoisotopic (exact) mass is 153 g/mol. The lowest BCUT2D eigenvalue weighted by atomic mass is 10.3. The molecule has 1 aliphatic heterocycles. The largest absolute Gasteiger partial charge is 0.368 e. The molecule has 0 spiro atoms. The van der Waals surface area contributed by atoms with E-state index in [1.165, 1.54) is 18.8 Å². The Balaban J connectivity index is 2.32. The maximum Gasteiger partial charge on any atom is 0.0426 e. The normalized spacial score (nSPS) is 15.5. The Morgan fingerprint density at radius 1 is 1.30 bits per heavy atom. The number of halogens is 1. The third kappa shape index (κ3) is 1.09. The number of rotatable bonds is 1. The van der Waals surface area contributed by atoms with Crippen molar-refractivity contribution in [2.24, 2.45) is 0 Å². The summed E-state index contributed by atoms with van der Waals surface area (Å²) >= 11 is 5.79. The van der Waals surface area contributed by atoms with Crippen LogP contribution in [0.1, 0.15) is 0 Å². The van der Waals surface area contributed by atoms with Crippen molar-refractivity contribution in [2.45, 2.75) is 0 Å². The van der Waals surface area contributed by atoms with Crippen molar-refractivity contribution in [1.82, 2.24) is 0 Å². The van der Waals surface area contributed by atoms with Crippen LogP contribution in [0.3, 0.4) is 0 Å². The summed E-state index contributed by atoms with van der Waals surface area (Å²) < 4.78 is 0. The molecule has 52 valence electrons. The van der Waals surface area contributed by atoms with Crippen molar-refractivity contribution in [3.8, 4) is 0 Å². The number of hydrogen-bond donors (Lipinski definition) is 0. The van der Waals surface area contributed by atoms with E-state index in [1.807, 2.05) is 18.2 Å². The SMILES string of the molecule is Clc1cccc(N2CC2)c1. The second-order valence-corrected chi connectivity index (χ2v) is 2.90. The maximum atomic E-state index is 5.79. The van der Waals surface area contributed by atoms with Crippen LogP contribution < -0.4 is 4.90 Å². The zero-order valence-corrected chi connectivity index (χ0v) is 6.30. The van der Waals surface area contributed by atoms with Crippen molar-refractivity contribution in [3.63, 3.8) is 0 Å². The first-order chi connectivity index (χ1) is 4.86. The van der Waals surface area contributed by atoms with E-state index in [1.54, 1.807) is 0 Å². The second kappa shape index (κ2) is 2.17. The smallest absolute Gasteiger partial charge is 0.0426 e.